The van der Waals surface area contributed by atoms with Crippen LogP contribution in [-0.2, 0) is 11.2 Å². The molecule has 68 valence electrons. The lowest BCUT2D eigenvalue weighted by Gasteiger charge is -1.98. The van der Waals surface area contributed by atoms with Crippen LogP contribution in [0.4, 0.5) is 4.39 Å². The van der Waals surface area contributed by atoms with E-state index in [0.29, 0.717) is 12.0 Å². The molecule has 1 unspecified atom stereocenters. The Balaban J connectivity index is 2.35. The molecule has 13 heavy (non-hydrogen) atoms. The number of carboxylic acids is 1. The third kappa shape index (κ3) is 1.42. The molecule has 2 rings (SSSR count). The van der Waals surface area contributed by atoms with Crippen molar-refractivity contribution in [3.8, 4) is 0 Å². The molecule has 2 nitrogen and oxygen atoms in total. The molecule has 1 aliphatic heterocycles. The maximum absolute atomic E-state index is 13.1. The SMILES string of the molecule is O=C(O)C1Cc2c(F)cccc2S1. The van der Waals surface area contributed by atoms with Crippen LogP contribution in [0.2, 0.25) is 0 Å². The molecule has 1 heterocycles. The first-order chi connectivity index (χ1) is 6.18. The molecule has 0 aromatic heterocycles. The van der Waals surface area contributed by atoms with Gasteiger partial charge in [-0.15, -0.1) is 11.8 Å². The number of hydrogen-bond acceptors (Lipinski definition) is 2. The summed E-state index contributed by atoms with van der Waals surface area (Å²) in [5, 5.41) is 8.21. The molecule has 0 bridgehead atoms. The third-order valence-electron chi connectivity index (χ3n) is 2.01. The second kappa shape index (κ2) is 3.03. The highest BCUT2D eigenvalue weighted by Gasteiger charge is 2.29. The third-order valence-corrected chi connectivity index (χ3v) is 3.30. The van der Waals surface area contributed by atoms with Gasteiger partial charge in [0.15, 0.2) is 0 Å². The zero-order valence-electron chi connectivity index (χ0n) is 6.66. The zero-order chi connectivity index (χ0) is 9.42. The molecule has 1 N–H and O–H groups in total. The summed E-state index contributed by atoms with van der Waals surface area (Å²) in [4.78, 5) is 11.4. The molecular formula is C9H7FO2S. The number of aliphatic carboxylic acids is 1. The van der Waals surface area contributed by atoms with Gasteiger partial charge in [-0.05, 0) is 18.6 Å². The summed E-state index contributed by atoms with van der Waals surface area (Å²) in [6.45, 7) is 0. The summed E-state index contributed by atoms with van der Waals surface area (Å²) in [6, 6.07) is 4.72. The lowest BCUT2D eigenvalue weighted by atomic mass is 10.1. The van der Waals surface area contributed by atoms with Crippen LogP contribution in [0, 0.1) is 5.82 Å². The Hall–Kier alpha value is -1.03. The van der Waals surface area contributed by atoms with E-state index in [1.807, 2.05) is 0 Å². The fourth-order valence-corrected chi connectivity index (χ4v) is 2.50. The van der Waals surface area contributed by atoms with Gasteiger partial charge in [-0.3, -0.25) is 4.79 Å². The first-order valence-corrected chi connectivity index (χ1v) is 4.73. The second-order valence-electron chi connectivity index (χ2n) is 2.87. The maximum Gasteiger partial charge on any atom is 0.317 e. The van der Waals surface area contributed by atoms with Gasteiger partial charge in [-0.1, -0.05) is 6.07 Å². The molecule has 0 fully saturated rings. The van der Waals surface area contributed by atoms with E-state index in [1.165, 1.54) is 17.8 Å². The second-order valence-corrected chi connectivity index (χ2v) is 4.11. The number of halogens is 1. The average molecular weight is 198 g/mol. The molecule has 1 atom stereocenters. The van der Waals surface area contributed by atoms with Crippen molar-refractivity contribution in [2.45, 2.75) is 16.6 Å². The monoisotopic (exact) mass is 198 g/mol. The Morgan fingerprint density at radius 3 is 3.00 bits per heavy atom. The van der Waals surface area contributed by atoms with Gasteiger partial charge in [-0.2, -0.15) is 0 Å². The minimum absolute atomic E-state index is 0.294. The summed E-state index contributed by atoms with van der Waals surface area (Å²) in [7, 11) is 0. The zero-order valence-corrected chi connectivity index (χ0v) is 7.47. The normalized spacial score (nSPS) is 19.9. The summed E-state index contributed by atoms with van der Waals surface area (Å²) in [5.74, 6) is -1.17. The van der Waals surface area contributed by atoms with Gasteiger partial charge >= 0.3 is 5.97 Å². The number of carboxylic acid groups (broad SMARTS) is 1. The van der Waals surface area contributed by atoms with Crippen LogP contribution >= 0.6 is 11.8 Å². The Morgan fingerprint density at radius 1 is 1.62 bits per heavy atom. The van der Waals surface area contributed by atoms with Crippen LogP contribution in [0.5, 0.6) is 0 Å². The molecule has 0 amide bonds. The van der Waals surface area contributed by atoms with Crippen molar-refractivity contribution in [3.63, 3.8) is 0 Å². The van der Waals surface area contributed by atoms with E-state index in [2.05, 4.69) is 0 Å². The maximum atomic E-state index is 13.1. The fraction of sp³-hybridized carbons (Fsp3) is 0.222. The molecule has 4 heteroatoms. The van der Waals surface area contributed by atoms with Gasteiger partial charge < -0.3 is 5.11 Å². The Labute approximate surface area is 78.8 Å². The lowest BCUT2D eigenvalue weighted by Crippen LogP contribution is -2.14. The van der Waals surface area contributed by atoms with Crippen molar-refractivity contribution in [2.24, 2.45) is 0 Å². The van der Waals surface area contributed by atoms with Crippen molar-refractivity contribution < 1.29 is 14.3 Å². The van der Waals surface area contributed by atoms with Crippen molar-refractivity contribution in [1.29, 1.82) is 0 Å². The molecule has 1 aromatic carbocycles. The standard InChI is InChI=1S/C9H7FO2S/c10-6-2-1-3-7-5(6)4-8(13-7)9(11)12/h1-3,8H,4H2,(H,11,12). The number of hydrogen-bond donors (Lipinski definition) is 1. The summed E-state index contributed by atoms with van der Waals surface area (Å²) in [5.41, 5.74) is 0.542. The van der Waals surface area contributed by atoms with Crippen molar-refractivity contribution in [1.82, 2.24) is 0 Å². The first-order valence-electron chi connectivity index (χ1n) is 3.85. The van der Waals surface area contributed by atoms with Gasteiger partial charge in [0.05, 0.1) is 0 Å². The van der Waals surface area contributed by atoms with Crippen molar-refractivity contribution >= 4 is 17.7 Å². The summed E-state index contributed by atoms with van der Waals surface area (Å²) >= 11 is 1.22. The summed E-state index contributed by atoms with van der Waals surface area (Å²) in [6.07, 6.45) is 0.294. The molecule has 0 saturated heterocycles. The van der Waals surface area contributed by atoms with Crippen LogP contribution in [-0.4, -0.2) is 16.3 Å². The number of thioether (sulfide) groups is 1. The van der Waals surface area contributed by atoms with Crippen LogP contribution in [0.1, 0.15) is 5.56 Å². The van der Waals surface area contributed by atoms with E-state index in [1.54, 1.807) is 12.1 Å². The van der Waals surface area contributed by atoms with E-state index < -0.39 is 11.2 Å². The Kier molecular flexibility index (Phi) is 2.00. The van der Waals surface area contributed by atoms with E-state index in [-0.39, 0.29) is 5.82 Å². The molecule has 0 aliphatic carbocycles. The van der Waals surface area contributed by atoms with Crippen LogP contribution < -0.4 is 0 Å². The molecule has 0 saturated carbocycles. The number of rotatable bonds is 1. The first kappa shape index (κ1) is 8.56. The van der Waals surface area contributed by atoms with Gasteiger partial charge in [0, 0.05) is 10.5 Å². The highest BCUT2D eigenvalue weighted by Crippen LogP contribution is 2.38. The van der Waals surface area contributed by atoms with E-state index in [9.17, 15) is 9.18 Å². The minimum Gasteiger partial charge on any atom is -0.480 e. The van der Waals surface area contributed by atoms with Gasteiger partial charge in [0.25, 0.3) is 0 Å². The highest BCUT2D eigenvalue weighted by molar-refractivity contribution is 8.01. The van der Waals surface area contributed by atoms with Crippen LogP contribution in [0.15, 0.2) is 23.1 Å². The Bertz CT molecular complexity index is 365. The predicted octanol–water partition coefficient (Wildman–Crippen LogP) is 1.93. The van der Waals surface area contributed by atoms with Gasteiger partial charge in [0.1, 0.15) is 11.1 Å². The van der Waals surface area contributed by atoms with Gasteiger partial charge in [-0.25, -0.2) is 4.39 Å². The van der Waals surface area contributed by atoms with Crippen molar-refractivity contribution in [2.75, 3.05) is 0 Å². The molecular weight excluding hydrogens is 191 g/mol. The fourth-order valence-electron chi connectivity index (χ4n) is 1.37. The predicted molar refractivity (Wildman–Crippen MR) is 47.4 cm³/mol. The van der Waals surface area contributed by atoms with E-state index in [0.717, 1.165) is 4.90 Å². The molecule has 0 spiro atoms. The largest absolute Gasteiger partial charge is 0.480 e. The van der Waals surface area contributed by atoms with Crippen LogP contribution in [0.3, 0.4) is 0 Å². The Morgan fingerprint density at radius 2 is 2.38 bits per heavy atom. The van der Waals surface area contributed by atoms with Crippen molar-refractivity contribution in [3.05, 3.63) is 29.6 Å². The smallest absolute Gasteiger partial charge is 0.317 e. The van der Waals surface area contributed by atoms with Crippen LogP contribution in [0.25, 0.3) is 0 Å². The quantitative estimate of drug-likeness (QED) is 0.749. The minimum atomic E-state index is -0.874. The van der Waals surface area contributed by atoms with E-state index >= 15 is 0 Å². The number of fused-ring (bicyclic) bond motifs is 1. The number of carbonyl (C=O) groups is 1. The topological polar surface area (TPSA) is 37.3 Å². The van der Waals surface area contributed by atoms with Gasteiger partial charge in [0.2, 0.25) is 0 Å². The average Bonchev–Trinajstić information content (AvgIpc) is 2.49. The molecule has 1 aliphatic rings. The molecule has 0 radical (unpaired) electrons. The molecule has 1 aromatic rings. The highest BCUT2D eigenvalue weighted by atomic mass is 32.2. The lowest BCUT2D eigenvalue weighted by molar-refractivity contribution is -0.136. The van der Waals surface area contributed by atoms with E-state index in [4.69, 9.17) is 5.11 Å². The number of benzene rings is 1. The summed E-state index contributed by atoms with van der Waals surface area (Å²) < 4.78 is 13.1.